The molecule has 0 radical (unpaired) electrons. The van der Waals surface area contributed by atoms with Gasteiger partial charge in [0.05, 0.1) is 24.5 Å². The Kier molecular flexibility index (Phi) is 9.22. The molecule has 1 aliphatic rings. The number of aliphatic imine (C=N–C) groups is 1. The fourth-order valence-corrected chi connectivity index (χ4v) is 6.43. The van der Waals surface area contributed by atoms with Gasteiger partial charge in [-0.05, 0) is 40.3 Å². The lowest BCUT2D eigenvalue weighted by molar-refractivity contribution is -0.116. The third-order valence-electron chi connectivity index (χ3n) is 5.72. The summed E-state index contributed by atoms with van der Waals surface area (Å²) in [5, 5.41) is 33.8. The van der Waals surface area contributed by atoms with E-state index in [0.29, 0.717) is 15.8 Å². The summed E-state index contributed by atoms with van der Waals surface area (Å²) in [6.45, 7) is 0. The van der Waals surface area contributed by atoms with Crippen molar-refractivity contribution in [3.05, 3.63) is 80.8 Å². The number of nitrogens with one attached hydrogen (secondary N) is 2. The standard InChI is InChI=1S/C27H24N8O2S3/c28-15-19-5-1-3-17(11-19)13-22(36)30-26-34-32-24(39-26)7-9-38-10-8-25-33-35-27(40-25)31-23(37)14-18-4-2-6-20(12-18)21-16-29-21/h1-6,11-12,16,21H,7-10,13-14H2,(H,30,34,36)(H,31,35,37). The lowest BCUT2D eigenvalue weighted by atomic mass is 10.1. The second-order valence-electron chi connectivity index (χ2n) is 8.86. The zero-order valence-corrected chi connectivity index (χ0v) is 23.7. The number of aromatic nitrogens is 4. The molecule has 2 aromatic heterocycles. The predicted molar refractivity (Wildman–Crippen MR) is 158 cm³/mol. The van der Waals surface area contributed by atoms with E-state index in [4.69, 9.17) is 5.26 Å². The van der Waals surface area contributed by atoms with Gasteiger partial charge in [0.15, 0.2) is 0 Å². The van der Waals surface area contributed by atoms with E-state index in [-0.39, 0.29) is 30.7 Å². The van der Waals surface area contributed by atoms with Crippen LogP contribution < -0.4 is 10.6 Å². The number of amides is 2. The number of aryl methyl sites for hydroxylation is 2. The zero-order valence-electron chi connectivity index (χ0n) is 21.2. The SMILES string of the molecule is N#Cc1cccc(CC(=O)Nc2nnc(CCSCCc3nnc(NC(=O)Cc4cccc(C5C=N5)c4)s3)s2)c1. The molecule has 202 valence electrons. The molecule has 0 aliphatic carbocycles. The molecule has 0 saturated carbocycles. The minimum Gasteiger partial charge on any atom is -0.300 e. The van der Waals surface area contributed by atoms with Crippen molar-refractivity contribution >= 4 is 62.7 Å². The second-order valence-corrected chi connectivity index (χ2v) is 12.2. The number of nitrogens with zero attached hydrogens (tertiary/aromatic N) is 6. The topological polar surface area (TPSA) is 146 Å². The fraction of sp³-hybridized carbons (Fsp3) is 0.259. The largest absolute Gasteiger partial charge is 0.300 e. The van der Waals surface area contributed by atoms with Crippen LogP contribution in [0.3, 0.4) is 0 Å². The van der Waals surface area contributed by atoms with Gasteiger partial charge in [0.25, 0.3) is 0 Å². The monoisotopic (exact) mass is 588 g/mol. The molecule has 3 heterocycles. The fourth-order valence-electron chi connectivity index (χ4n) is 3.78. The molecule has 0 saturated heterocycles. The Morgan fingerprint density at radius 2 is 1.43 bits per heavy atom. The van der Waals surface area contributed by atoms with Crippen molar-refractivity contribution in [1.82, 2.24) is 20.4 Å². The van der Waals surface area contributed by atoms with Gasteiger partial charge < -0.3 is 10.6 Å². The highest BCUT2D eigenvalue weighted by atomic mass is 32.2. The van der Waals surface area contributed by atoms with E-state index in [9.17, 15) is 9.59 Å². The highest BCUT2D eigenvalue weighted by molar-refractivity contribution is 7.99. The summed E-state index contributed by atoms with van der Waals surface area (Å²) in [4.78, 5) is 28.9. The van der Waals surface area contributed by atoms with E-state index in [0.717, 1.165) is 51.1 Å². The molecule has 13 heteroatoms. The lowest BCUT2D eigenvalue weighted by Crippen LogP contribution is -2.14. The molecular formula is C27H24N8O2S3. The summed E-state index contributed by atoms with van der Waals surface area (Å²) in [6, 6.07) is 17.1. The summed E-state index contributed by atoms with van der Waals surface area (Å²) in [7, 11) is 0. The molecule has 0 fully saturated rings. The van der Waals surface area contributed by atoms with Crippen LogP contribution in [0.15, 0.2) is 53.5 Å². The molecule has 0 bridgehead atoms. The number of carbonyl (C=O) groups is 2. The molecule has 40 heavy (non-hydrogen) atoms. The van der Waals surface area contributed by atoms with Crippen molar-refractivity contribution in [3.8, 4) is 6.07 Å². The molecule has 2 amide bonds. The van der Waals surface area contributed by atoms with E-state index in [1.165, 1.54) is 22.7 Å². The number of hydrogen-bond acceptors (Lipinski definition) is 11. The van der Waals surface area contributed by atoms with Gasteiger partial charge in [-0.15, -0.1) is 20.4 Å². The van der Waals surface area contributed by atoms with Crippen LogP contribution in [0.5, 0.6) is 0 Å². The van der Waals surface area contributed by atoms with Crippen molar-refractivity contribution in [1.29, 1.82) is 5.26 Å². The summed E-state index contributed by atoms with van der Waals surface area (Å²) in [5.74, 6) is 1.41. The molecule has 1 aliphatic heterocycles. The smallest absolute Gasteiger partial charge is 0.230 e. The molecular weight excluding hydrogens is 565 g/mol. The number of rotatable bonds is 13. The molecule has 4 aromatic rings. The summed E-state index contributed by atoms with van der Waals surface area (Å²) in [6.07, 6.45) is 3.83. The molecule has 1 atom stereocenters. The van der Waals surface area contributed by atoms with Gasteiger partial charge in [0, 0.05) is 19.1 Å². The van der Waals surface area contributed by atoms with Crippen molar-refractivity contribution in [2.45, 2.75) is 31.7 Å². The van der Waals surface area contributed by atoms with Gasteiger partial charge in [-0.2, -0.15) is 17.0 Å². The first kappa shape index (κ1) is 27.6. The summed E-state index contributed by atoms with van der Waals surface area (Å²) >= 11 is 4.53. The zero-order chi connectivity index (χ0) is 27.7. The maximum atomic E-state index is 12.4. The van der Waals surface area contributed by atoms with Crippen molar-refractivity contribution < 1.29 is 9.59 Å². The number of carbonyl (C=O) groups excluding carboxylic acids is 2. The minimum absolute atomic E-state index is 0.119. The van der Waals surface area contributed by atoms with Gasteiger partial charge in [0.1, 0.15) is 16.1 Å². The van der Waals surface area contributed by atoms with Crippen LogP contribution in [0.25, 0.3) is 0 Å². The summed E-state index contributed by atoms with van der Waals surface area (Å²) < 4.78 is 0. The van der Waals surface area contributed by atoms with Crippen molar-refractivity contribution in [2.75, 3.05) is 22.1 Å². The summed E-state index contributed by atoms with van der Waals surface area (Å²) in [5.41, 5.74) is 3.35. The van der Waals surface area contributed by atoms with Crippen LogP contribution >= 0.6 is 34.4 Å². The van der Waals surface area contributed by atoms with Crippen LogP contribution in [-0.2, 0) is 35.3 Å². The Labute approximate surface area is 243 Å². The first-order valence-electron chi connectivity index (χ1n) is 12.5. The van der Waals surface area contributed by atoms with Gasteiger partial charge in [-0.3, -0.25) is 14.6 Å². The Hall–Kier alpha value is -3.99. The maximum Gasteiger partial charge on any atom is 0.230 e. The van der Waals surface area contributed by atoms with Crippen LogP contribution in [0, 0.1) is 11.3 Å². The Morgan fingerprint density at radius 3 is 2.00 bits per heavy atom. The Bertz CT molecular complexity index is 1570. The highest BCUT2D eigenvalue weighted by Crippen LogP contribution is 2.25. The third-order valence-corrected chi connectivity index (χ3v) is 8.51. The normalized spacial score (nSPS) is 13.5. The first-order chi connectivity index (χ1) is 19.5. The second kappa shape index (κ2) is 13.4. The maximum absolute atomic E-state index is 12.4. The van der Waals surface area contributed by atoms with Crippen LogP contribution in [0.2, 0.25) is 0 Å². The highest BCUT2D eigenvalue weighted by Gasteiger charge is 2.17. The van der Waals surface area contributed by atoms with E-state index in [1.54, 1.807) is 30.0 Å². The van der Waals surface area contributed by atoms with Crippen molar-refractivity contribution in [2.24, 2.45) is 4.99 Å². The van der Waals surface area contributed by atoms with Crippen molar-refractivity contribution in [3.63, 3.8) is 0 Å². The number of nitriles is 1. The number of thioether (sulfide) groups is 1. The molecule has 10 nitrogen and oxygen atoms in total. The predicted octanol–water partition coefficient (Wildman–Crippen LogP) is 4.27. The quantitative estimate of drug-likeness (QED) is 0.220. The average molecular weight is 589 g/mol. The van der Waals surface area contributed by atoms with Gasteiger partial charge in [-0.25, -0.2) is 0 Å². The molecule has 2 N–H and O–H groups in total. The Morgan fingerprint density at radius 1 is 0.850 bits per heavy atom. The number of anilines is 2. The average Bonchev–Trinajstić information content (AvgIpc) is 3.56. The lowest BCUT2D eigenvalue weighted by Gasteiger charge is -2.04. The molecule has 5 rings (SSSR count). The third kappa shape index (κ3) is 8.25. The van der Waals surface area contributed by atoms with E-state index in [1.807, 2.05) is 36.5 Å². The first-order valence-corrected chi connectivity index (χ1v) is 15.3. The molecule has 1 unspecified atom stereocenters. The molecule has 0 spiro atoms. The van der Waals surface area contributed by atoms with E-state index < -0.39 is 0 Å². The van der Waals surface area contributed by atoms with Crippen LogP contribution in [0.1, 0.15) is 38.3 Å². The Balaban J connectivity index is 0.978. The minimum atomic E-state index is -0.197. The molecule has 2 aromatic carbocycles. The van der Waals surface area contributed by atoms with Gasteiger partial charge in [0.2, 0.25) is 22.1 Å². The van der Waals surface area contributed by atoms with Gasteiger partial charge in [-0.1, -0.05) is 59.1 Å². The number of benzene rings is 2. The van der Waals surface area contributed by atoms with Gasteiger partial charge >= 0.3 is 0 Å². The van der Waals surface area contributed by atoms with E-state index in [2.05, 4.69) is 42.1 Å². The number of hydrogen-bond donors (Lipinski definition) is 2. The van der Waals surface area contributed by atoms with Crippen LogP contribution in [0.4, 0.5) is 10.3 Å². The van der Waals surface area contributed by atoms with E-state index >= 15 is 0 Å². The van der Waals surface area contributed by atoms with Crippen LogP contribution in [-0.4, -0.2) is 49.9 Å².